The molecule has 6 rings (SSSR count). The Morgan fingerprint density at radius 3 is 2.21 bits per heavy atom. The monoisotopic (exact) mass is 753 g/mol. The van der Waals surface area contributed by atoms with Crippen LogP contribution >= 0.6 is 39.1 Å². The fraction of sp³-hybridized carbons (Fsp3) is 0.379. The van der Waals surface area contributed by atoms with E-state index in [1.807, 2.05) is 0 Å². The SMILES string of the molecule is CN(C)c1c([N+](=O)[O-])cc(N2C(=O)C3CC=C4C(CC5(Cl)C(=O)N(CBr)C(=O)C5(Cl)C4c4cccc(F)c4O)C3C2=O)cc1[N+](=O)[O-]. The van der Waals surface area contributed by atoms with E-state index in [0.717, 1.165) is 23.1 Å². The zero-order valence-electron chi connectivity index (χ0n) is 24.4. The average Bonchev–Trinajstić information content (AvgIpc) is 3.35. The van der Waals surface area contributed by atoms with Gasteiger partial charge in [0.25, 0.3) is 11.8 Å². The molecule has 0 bridgehead atoms. The number of halogens is 4. The standard InChI is InChI=1S/C29H23BrCl2FN5O9/c1-34(2)22-18(37(44)45)8-12(9-19(22)38(46)47)36-24(40)14-7-6-13-16(20(14)25(36)41)10-28(31)26(42)35(11-30)27(43)29(28,32)21(13)15-4-3-5-17(33)23(15)39/h3-6,8-9,14,16,20-21,39H,7,10-11H2,1-2H3. The number of allylic oxidation sites excluding steroid dienone is 2. The number of hydrogen-bond acceptors (Lipinski definition) is 10. The van der Waals surface area contributed by atoms with Crippen molar-refractivity contribution in [2.24, 2.45) is 17.8 Å². The van der Waals surface area contributed by atoms with Gasteiger partial charge in [-0.2, -0.15) is 0 Å². The molecule has 4 aliphatic rings. The predicted octanol–water partition coefficient (Wildman–Crippen LogP) is 4.33. The predicted molar refractivity (Wildman–Crippen MR) is 168 cm³/mol. The van der Waals surface area contributed by atoms with Crippen LogP contribution < -0.4 is 9.80 Å². The molecule has 2 aromatic rings. The molecule has 2 aromatic carbocycles. The molecule has 4 amide bonds. The van der Waals surface area contributed by atoms with Gasteiger partial charge in [-0.05, 0) is 24.8 Å². The molecule has 2 heterocycles. The fourth-order valence-corrected chi connectivity index (χ4v) is 8.99. The van der Waals surface area contributed by atoms with Crippen LogP contribution in [0.5, 0.6) is 5.75 Å². The molecule has 3 fully saturated rings. The minimum Gasteiger partial charge on any atom is -0.505 e. The molecular formula is C29H23BrCl2FN5O9. The van der Waals surface area contributed by atoms with E-state index in [1.165, 1.54) is 31.1 Å². The summed E-state index contributed by atoms with van der Waals surface area (Å²) >= 11 is 17.3. The second-order valence-corrected chi connectivity index (χ2v) is 13.7. The molecule has 0 spiro atoms. The number of carbonyl (C=O) groups is 4. The summed E-state index contributed by atoms with van der Waals surface area (Å²) in [5.74, 6) is -10.2. The van der Waals surface area contributed by atoms with Gasteiger partial charge < -0.3 is 10.0 Å². The number of nitro benzene ring substituents is 2. The van der Waals surface area contributed by atoms with Crippen molar-refractivity contribution in [3.8, 4) is 5.75 Å². The van der Waals surface area contributed by atoms with Crippen LogP contribution in [0.25, 0.3) is 0 Å². The highest BCUT2D eigenvalue weighted by molar-refractivity contribution is 9.09. The van der Waals surface area contributed by atoms with Crippen LogP contribution in [0.2, 0.25) is 0 Å². The lowest BCUT2D eigenvalue weighted by Gasteiger charge is -2.50. The van der Waals surface area contributed by atoms with E-state index in [2.05, 4.69) is 15.9 Å². The number of likely N-dealkylation sites (tertiary alicyclic amines) is 1. The second kappa shape index (κ2) is 11.0. The van der Waals surface area contributed by atoms with Gasteiger partial charge in [0.15, 0.2) is 27.0 Å². The number of para-hydroxylation sites is 1. The zero-order chi connectivity index (χ0) is 34.5. The number of nitrogens with zero attached hydrogens (tertiary/aromatic N) is 5. The molecule has 2 aliphatic carbocycles. The average molecular weight is 755 g/mol. The van der Waals surface area contributed by atoms with Crippen LogP contribution in [0.4, 0.5) is 27.1 Å². The molecule has 47 heavy (non-hydrogen) atoms. The van der Waals surface area contributed by atoms with Gasteiger partial charge in [-0.15, -0.1) is 23.2 Å². The van der Waals surface area contributed by atoms with Gasteiger partial charge in [0.05, 0.1) is 32.8 Å². The third-order valence-corrected chi connectivity index (χ3v) is 11.4. The van der Waals surface area contributed by atoms with Gasteiger partial charge in [-0.1, -0.05) is 39.7 Å². The van der Waals surface area contributed by atoms with Crippen molar-refractivity contribution in [2.75, 3.05) is 29.3 Å². The third-order valence-electron chi connectivity index (χ3n) is 9.50. The van der Waals surface area contributed by atoms with Crippen molar-refractivity contribution < 1.29 is 38.5 Å². The molecule has 2 saturated heterocycles. The Morgan fingerprint density at radius 1 is 1.04 bits per heavy atom. The summed E-state index contributed by atoms with van der Waals surface area (Å²) in [6.07, 6.45) is 1.01. The van der Waals surface area contributed by atoms with E-state index < -0.39 is 102 Å². The number of phenolic OH excluding ortho intramolecular Hbond substituents is 1. The number of aromatic hydroxyl groups is 1. The number of benzene rings is 2. The number of amides is 4. The highest BCUT2D eigenvalue weighted by Gasteiger charge is 2.76. The highest BCUT2D eigenvalue weighted by Crippen LogP contribution is 2.66. The molecule has 6 atom stereocenters. The van der Waals surface area contributed by atoms with Gasteiger partial charge >= 0.3 is 11.4 Å². The lowest BCUT2D eigenvalue weighted by atomic mass is 9.56. The molecule has 1 saturated carbocycles. The van der Waals surface area contributed by atoms with Gasteiger partial charge in [-0.25, -0.2) is 9.29 Å². The summed E-state index contributed by atoms with van der Waals surface area (Å²) in [6.45, 7) is 0. The molecular weight excluding hydrogens is 732 g/mol. The fourth-order valence-electron chi connectivity index (χ4n) is 7.57. The van der Waals surface area contributed by atoms with Crippen LogP contribution in [0.15, 0.2) is 42.0 Å². The highest BCUT2D eigenvalue weighted by atomic mass is 79.9. The van der Waals surface area contributed by atoms with Crippen molar-refractivity contribution in [1.29, 1.82) is 0 Å². The normalized spacial score (nSPS) is 29.8. The van der Waals surface area contributed by atoms with Crippen molar-refractivity contribution in [1.82, 2.24) is 4.90 Å². The molecule has 246 valence electrons. The molecule has 2 aliphatic heterocycles. The Balaban J connectivity index is 1.53. The minimum atomic E-state index is -2.28. The first kappa shape index (κ1) is 32.8. The van der Waals surface area contributed by atoms with E-state index >= 15 is 0 Å². The van der Waals surface area contributed by atoms with Crippen molar-refractivity contribution in [2.45, 2.75) is 28.5 Å². The number of phenols is 1. The third kappa shape index (κ3) is 4.26. The second-order valence-electron chi connectivity index (χ2n) is 11.9. The van der Waals surface area contributed by atoms with Crippen LogP contribution in [0.1, 0.15) is 24.3 Å². The summed E-state index contributed by atoms with van der Waals surface area (Å²) in [4.78, 5) is 76.0. The van der Waals surface area contributed by atoms with Crippen molar-refractivity contribution >= 4 is 85.5 Å². The van der Waals surface area contributed by atoms with Crippen LogP contribution in [0, 0.1) is 43.8 Å². The number of hydrogen-bond donors (Lipinski definition) is 1. The topological polar surface area (TPSA) is 185 Å². The molecule has 0 radical (unpaired) electrons. The summed E-state index contributed by atoms with van der Waals surface area (Å²) in [5, 5.41) is 34.8. The van der Waals surface area contributed by atoms with E-state index in [1.54, 1.807) is 6.08 Å². The molecule has 6 unspecified atom stereocenters. The lowest BCUT2D eigenvalue weighted by Crippen LogP contribution is -2.60. The van der Waals surface area contributed by atoms with Gasteiger partial charge in [0, 0.05) is 37.7 Å². The van der Waals surface area contributed by atoms with Gasteiger partial charge in [0.1, 0.15) is 0 Å². The van der Waals surface area contributed by atoms with E-state index in [-0.39, 0.29) is 28.7 Å². The number of alkyl halides is 3. The van der Waals surface area contributed by atoms with Crippen LogP contribution in [-0.2, 0) is 19.2 Å². The Kier molecular flexibility index (Phi) is 7.64. The molecule has 1 N–H and O–H groups in total. The molecule has 0 aromatic heterocycles. The maximum Gasteiger partial charge on any atom is 0.301 e. The Bertz CT molecular complexity index is 1840. The quantitative estimate of drug-likeness (QED) is 0.111. The first-order valence-corrected chi connectivity index (χ1v) is 15.9. The number of rotatable bonds is 6. The number of anilines is 2. The minimum absolute atomic E-state index is 0.114. The number of imide groups is 2. The van der Waals surface area contributed by atoms with Gasteiger partial charge in [-0.3, -0.25) is 44.3 Å². The first-order chi connectivity index (χ1) is 22.0. The van der Waals surface area contributed by atoms with Crippen molar-refractivity contribution in [3.63, 3.8) is 0 Å². The number of fused-ring (bicyclic) bond motifs is 4. The van der Waals surface area contributed by atoms with Crippen molar-refractivity contribution in [3.05, 3.63) is 73.6 Å². The lowest BCUT2D eigenvalue weighted by molar-refractivity contribution is -0.392. The zero-order valence-corrected chi connectivity index (χ0v) is 27.5. The summed E-state index contributed by atoms with van der Waals surface area (Å²) in [6, 6.07) is 5.36. The smallest absolute Gasteiger partial charge is 0.301 e. The Labute approximate surface area is 283 Å². The van der Waals surface area contributed by atoms with E-state index in [4.69, 9.17) is 23.2 Å². The maximum absolute atomic E-state index is 14.7. The summed E-state index contributed by atoms with van der Waals surface area (Å²) in [5.41, 5.74) is -2.39. The molecule has 14 nitrogen and oxygen atoms in total. The summed E-state index contributed by atoms with van der Waals surface area (Å²) < 4.78 is 14.7. The first-order valence-electron chi connectivity index (χ1n) is 14.0. The number of carbonyl (C=O) groups excluding carboxylic acids is 4. The van der Waals surface area contributed by atoms with Gasteiger partial charge in [0.2, 0.25) is 11.8 Å². The largest absolute Gasteiger partial charge is 0.505 e. The van der Waals surface area contributed by atoms with E-state index in [0.29, 0.717) is 4.90 Å². The number of nitro groups is 2. The van der Waals surface area contributed by atoms with E-state index in [9.17, 15) is 48.9 Å². The van der Waals surface area contributed by atoms with Crippen LogP contribution in [-0.4, -0.2) is 72.8 Å². The summed E-state index contributed by atoms with van der Waals surface area (Å²) in [7, 11) is 2.73. The Morgan fingerprint density at radius 2 is 1.66 bits per heavy atom. The molecule has 18 heteroatoms. The maximum atomic E-state index is 14.7. The Hall–Kier alpha value is -4.15. The van der Waals surface area contributed by atoms with Crippen LogP contribution in [0.3, 0.4) is 0 Å².